The highest BCUT2D eigenvalue weighted by Gasteiger charge is 2.32. The van der Waals surface area contributed by atoms with Crippen LogP contribution in [0.1, 0.15) is 51.3 Å². The first-order valence-corrected chi connectivity index (χ1v) is 10.2. The van der Waals surface area contributed by atoms with Crippen LogP contribution < -0.4 is 10.6 Å². The number of aryl methyl sites for hydroxylation is 1. The highest BCUT2D eigenvalue weighted by Crippen LogP contribution is 2.25. The lowest BCUT2D eigenvalue weighted by Gasteiger charge is -2.32. The van der Waals surface area contributed by atoms with Crippen LogP contribution in [0.5, 0.6) is 0 Å². The molecule has 3 amide bonds. The summed E-state index contributed by atoms with van der Waals surface area (Å²) in [5.41, 5.74) is 0.743. The molecule has 0 aliphatic rings. The van der Waals surface area contributed by atoms with Crippen molar-refractivity contribution in [1.82, 2.24) is 15.5 Å². The van der Waals surface area contributed by atoms with Gasteiger partial charge in [-0.3, -0.25) is 14.4 Å². The summed E-state index contributed by atoms with van der Waals surface area (Å²) in [4.78, 5) is 50.9. The Labute approximate surface area is 183 Å². The molecule has 1 aromatic carbocycles. The van der Waals surface area contributed by atoms with E-state index < -0.39 is 35.5 Å². The normalized spacial score (nSPS) is 11.8. The van der Waals surface area contributed by atoms with Crippen molar-refractivity contribution >= 4 is 23.9 Å². The smallest absolute Gasteiger partial charge is 0.408 e. The molecule has 9 heteroatoms. The van der Waals surface area contributed by atoms with Gasteiger partial charge in [-0.1, -0.05) is 31.2 Å². The van der Waals surface area contributed by atoms with Gasteiger partial charge in [0.2, 0.25) is 11.8 Å². The summed E-state index contributed by atoms with van der Waals surface area (Å²) < 4.78 is 9.74. The second-order valence-electron chi connectivity index (χ2n) is 8.00. The molecule has 0 saturated heterocycles. The molecule has 0 heterocycles. The monoisotopic (exact) mass is 435 g/mol. The largest absolute Gasteiger partial charge is 0.468 e. The van der Waals surface area contributed by atoms with Gasteiger partial charge in [-0.25, -0.2) is 4.79 Å². The lowest BCUT2D eigenvalue weighted by Crippen LogP contribution is -2.49. The quantitative estimate of drug-likeness (QED) is 0.574. The van der Waals surface area contributed by atoms with E-state index in [1.165, 1.54) is 12.0 Å². The number of carbonyl (C=O) groups excluding carboxylic acids is 4. The van der Waals surface area contributed by atoms with Gasteiger partial charge >= 0.3 is 12.1 Å². The minimum absolute atomic E-state index is 0.277. The highest BCUT2D eigenvalue weighted by atomic mass is 16.6. The standard InChI is InChI=1S/C22H33N3O6/c1-7-12-25(17(26)13-24-21(29)31-22(3,4)5)19(16-11-9-8-10-15(16)2)20(28)23-14-18(27)30-6/h8-11,19H,7,12-14H2,1-6H3,(H,23,28)(H,24,29). The van der Waals surface area contributed by atoms with Gasteiger partial charge in [0.25, 0.3) is 0 Å². The van der Waals surface area contributed by atoms with Crippen LogP contribution in [-0.4, -0.2) is 61.1 Å². The van der Waals surface area contributed by atoms with E-state index in [9.17, 15) is 19.2 Å². The number of benzene rings is 1. The van der Waals surface area contributed by atoms with Gasteiger partial charge in [0.05, 0.1) is 7.11 Å². The first-order valence-electron chi connectivity index (χ1n) is 10.2. The number of nitrogens with one attached hydrogen (secondary N) is 2. The van der Waals surface area contributed by atoms with Gasteiger partial charge in [0.1, 0.15) is 24.7 Å². The minimum atomic E-state index is -0.973. The summed E-state index contributed by atoms with van der Waals surface area (Å²) in [5, 5.41) is 4.97. The molecule has 1 rings (SSSR count). The molecule has 2 N–H and O–H groups in total. The van der Waals surface area contributed by atoms with Gasteiger partial charge in [0, 0.05) is 6.54 Å². The summed E-state index contributed by atoms with van der Waals surface area (Å²) in [5.74, 6) is -1.57. The average Bonchev–Trinajstić information content (AvgIpc) is 2.69. The van der Waals surface area contributed by atoms with E-state index in [4.69, 9.17) is 4.74 Å². The molecule has 1 aromatic rings. The summed E-state index contributed by atoms with van der Waals surface area (Å²) in [6, 6.07) is 6.23. The molecule has 0 fully saturated rings. The van der Waals surface area contributed by atoms with E-state index in [-0.39, 0.29) is 19.6 Å². The van der Waals surface area contributed by atoms with Crippen molar-refractivity contribution in [3.05, 3.63) is 35.4 Å². The molecule has 0 radical (unpaired) electrons. The van der Waals surface area contributed by atoms with E-state index in [1.807, 2.05) is 26.0 Å². The van der Waals surface area contributed by atoms with E-state index in [0.29, 0.717) is 12.0 Å². The maximum atomic E-state index is 13.0. The van der Waals surface area contributed by atoms with Crippen LogP contribution in [0.3, 0.4) is 0 Å². The van der Waals surface area contributed by atoms with Crippen molar-refractivity contribution in [3.63, 3.8) is 0 Å². The molecule has 0 spiro atoms. The molecule has 172 valence electrons. The Hall–Kier alpha value is -3.10. The van der Waals surface area contributed by atoms with Crippen molar-refractivity contribution in [2.45, 2.75) is 52.7 Å². The Morgan fingerprint density at radius 2 is 1.71 bits per heavy atom. The third kappa shape index (κ3) is 8.65. The number of amides is 3. The Kier molecular flexibility index (Phi) is 9.98. The fourth-order valence-corrected chi connectivity index (χ4v) is 2.87. The second kappa shape index (κ2) is 11.9. The molecular weight excluding hydrogens is 402 g/mol. The third-order valence-electron chi connectivity index (χ3n) is 4.25. The molecule has 0 saturated carbocycles. The van der Waals surface area contributed by atoms with Crippen molar-refractivity contribution in [1.29, 1.82) is 0 Å². The Bertz CT molecular complexity index is 788. The molecule has 31 heavy (non-hydrogen) atoms. The van der Waals surface area contributed by atoms with Crippen LogP contribution in [0.2, 0.25) is 0 Å². The lowest BCUT2D eigenvalue weighted by atomic mass is 9.98. The van der Waals surface area contributed by atoms with Crippen molar-refractivity contribution in [2.75, 3.05) is 26.7 Å². The SMILES string of the molecule is CCCN(C(=O)CNC(=O)OC(C)(C)C)C(C(=O)NCC(=O)OC)c1ccccc1C. The van der Waals surface area contributed by atoms with Gasteiger partial charge < -0.3 is 25.0 Å². The first-order chi connectivity index (χ1) is 14.5. The summed E-state index contributed by atoms with van der Waals surface area (Å²) in [7, 11) is 1.22. The van der Waals surface area contributed by atoms with Crippen LogP contribution in [0.15, 0.2) is 24.3 Å². The first kappa shape index (κ1) is 25.9. The zero-order valence-electron chi connectivity index (χ0n) is 19.1. The number of esters is 1. The topological polar surface area (TPSA) is 114 Å². The number of carbonyl (C=O) groups is 4. The predicted octanol–water partition coefficient (Wildman–Crippen LogP) is 2.09. The van der Waals surface area contributed by atoms with Crippen LogP contribution in [0.25, 0.3) is 0 Å². The van der Waals surface area contributed by atoms with Crippen molar-refractivity contribution < 1.29 is 28.7 Å². The van der Waals surface area contributed by atoms with E-state index in [2.05, 4.69) is 15.4 Å². The van der Waals surface area contributed by atoms with Crippen LogP contribution in [-0.2, 0) is 23.9 Å². The fraction of sp³-hybridized carbons (Fsp3) is 0.545. The molecule has 1 unspecified atom stereocenters. The van der Waals surface area contributed by atoms with Gasteiger partial charge in [-0.2, -0.15) is 0 Å². The predicted molar refractivity (Wildman–Crippen MR) is 115 cm³/mol. The fourth-order valence-electron chi connectivity index (χ4n) is 2.87. The van der Waals surface area contributed by atoms with Gasteiger partial charge in [-0.15, -0.1) is 0 Å². The maximum absolute atomic E-state index is 13.0. The summed E-state index contributed by atoms with van der Waals surface area (Å²) in [6.45, 7) is 8.50. The lowest BCUT2D eigenvalue weighted by molar-refractivity contribution is -0.143. The maximum Gasteiger partial charge on any atom is 0.408 e. The van der Waals surface area contributed by atoms with Crippen LogP contribution >= 0.6 is 0 Å². The number of ether oxygens (including phenoxy) is 2. The zero-order chi connectivity index (χ0) is 23.6. The molecule has 9 nitrogen and oxygen atoms in total. The Morgan fingerprint density at radius 3 is 2.26 bits per heavy atom. The van der Waals surface area contributed by atoms with E-state index in [1.54, 1.807) is 32.9 Å². The third-order valence-corrected chi connectivity index (χ3v) is 4.25. The van der Waals surface area contributed by atoms with Crippen LogP contribution in [0, 0.1) is 6.92 Å². The second-order valence-corrected chi connectivity index (χ2v) is 8.00. The Morgan fingerprint density at radius 1 is 1.06 bits per heavy atom. The number of nitrogens with zero attached hydrogens (tertiary/aromatic N) is 1. The number of rotatable bonds is 9. The zero-order valence-corrected chi connectivity index (χ0v) is 19.1. The van der Waals surface area contributed by atoms with Gasteiger partial charge in [0.15, 0.2) is 0 Å². The molecule has 0 aromatic heterocycles. The number of hydrogen-bond donors (Lipinski definition) is 2. The minimum Gasteiger partial charge on any atom is -0.468 e. The van der Waals surface area contributed by atoms with Crippen molar-refractivity contribution in [3.8, 4) is 0 Å². The van der Waals surface area contributed by atoms with E-state index >= 15 is 0 Å². The van der Waals surface area contributed by atoms with Gasteiger partial charge in [-0.05, 0) is 45.2 Å². The molecular formula is C22H33N3O6. The van der Waals surface area contributed by atoms with Crippen LogP contribution in [0.4, 0.5) is 4.79 Å². The molecule has 0 aliphatic heterocycles. The molecule has 1 atom stereocenters. The number of alkyl carbamates (subject to hydrolysis) is 1. The summed E-state index contributed by atoms with van der Waals surface area (Å²) in [6.07, 6.45) is -0.134. The summed E-state index contributed by atoms with van der Waals surface area (Å²) >= 11 is 0. The number of methoxy groups -OCH3 is 1. The molecule has 0 aliphatic carbocycles. The van der Waals surface area contributed by atoms with Crippen molar-refractivity contribution in [2.24, 2.45) is 0 Å². The molecule has 0 bridgehead atoms. The van der Waals surface area contributed by atoms with E-state index in [0.717, 1.165) is 5.56 Å². The highest BCUT2D eigenvalue weighted by molar-refractivity contribution is 5.92. The Balaban J connectivity index is 3.13. The number of hydrogen-bond acceptors (Lipinski definition) is 6. The average molecular weight is 436 g/mol.